The molecule has 1 heteroatoms. The summed E-state index contributed by atoms with van der Waals surface area (Å²) in [6.45, 7) is 4.58. The van der Waals surface area contributed by atoms with Crippen LogP contribution in [0.15, 0.2) is 24.3 Å². The van der Waals surface area contributed by atoms with Gasteiger partial charge in [-0.05, 0) is 35.8 Å². The van der Waals surface area contributed by atoms with E-state index in [0.717, 1.165) is 19.3 Å². The molecule has 1 aromatic carbocycles. The summed E-state index contributed by atoms with van der Waals surface area (Å²) in [5, 5.41) is 0. The normalized spacial score (nSPS) is 20.7. The van der Waals surface area contributed by atoms with Crippen LogP contribution in [0.3, 0.4) is 0 Å². The predicted octanol–water partition coefficient (Wildman–Crippen LogP) is 5.21. The molecule has 0 amide bonds. The average molecular weight is 258 g/mol. The molecule has 1 aromatic rings. The molecule has 0 aromatic heterocycles. The van der Waals surface area contributed by atoms with Crippen molar-refractivity contribution in [2.45, 2.75) is 70.6 Å². The first-order valence-corrected chi connectivity index (χ1v) is 7.82. The minimum atomic E-state index is 0.432. The minimum absolute atomic E-state index is 0.432. The lowest BCUT2D eigenvalue weighted by Crippen LogP contribution is -1.97. The fourth-order valence-electron chi connectivity index (χ4n) is 3.06. The van der Waals surface area contributed by atoms with Gasteiger partial charge >= 0.3 is 0 Å². The number of hydrogen-bond acceptors (Lipinski definition) is 1. The lowest BCUT2D eigenvalue weighted by atomic mass is 9.91. The van der Waals surface area contributed by atoms with Crippen molar-refractivity contribution in [3.63, 3.8) is 0 Å². The van der Waals surface area contributed by atoms with Crippen LogP contribution in [0.2, 0.25) is 0 Å². The van der Waals surface area contributed by atoms with E-state index in [1.165, 1.54) is 36.8 Å². The van der Waals surface area contributed by atoms with Crippen LogP contribution in [0, 0.1) is 0 Å². The third-order valence-corrected chi connectivity index (χ3v) is 4.46. The Morgan fingerprint density at radius 2 is 1.95 bits per heavy atom. The zero-order valence-corrected chi connectivity index (χ0v) is 12.3. The molecule has 0 heterocycles. The zero-order valence-electron chi connectivity index (χ0n) is 12.3. The van der Waals surface area contributed by atoms with Crippen molar-refractivity contribution in [3.05, 3.63) is 35.4 Å². The molecule has 0 spiro atoms. The minimum Gasteiger partial charge on any atom is -0.300 e. The molecule has 0 aliphatic heterocycles. The van der Waals surface area contributed by atoms with E-state index in [1.807, 2.05) is 0 Å². The highest BCUT2D eigenvalue weighted by molar-refractivity contribution is 5.81. The third-order valence-electron chi connectivity index (χ3n) is 4.46. The number of ketones is 1. The van der Waals surface area contributed by atoms with Gasteiger partial charge in [-0.3, -0.25) is 4.79 Å². The molecule has 2 rings (SSSR count). The van der Waals surface area contributed by atoms with E-state index < -0.39 is 0 Å². The van der Waals surface area contributed by atoms with Crippen molar-refractivity contribution in [2.24, 2.45) is 0 Å². The highest BCUT2D eigenvalue weighted by Crippen LogP contribution is 2.33. The van der Waals surface area contributed by atoms with Crippen LogP contribution < -0.4 is 0 Å². The average Bonchev–Trinajstić information content (AvgIpc) is 2.86. The Hall–Kier alpha value is -1.11. The molecule has 2 atom stereocenters. The number of hydrogen-bond donors (Lipinski definition) is 0. The van der Waals surface area contributed by atoms with Gasteiger partial charge in [0.1, 0.15) is 5.78 Å². The summed E-state index contributed by atoms with van der Waals surface area (Å²) in [5.74, 6) is 1.57. The molecule has 0 radical (unpaired) electrons. The largest absolute Gasteiger partial charge is 0.300 e. The number of rotatable bonds is 6. The second-order valence-electron chi connectivity index (χ2n) is 6.04. The molecular formula is C18H26O. The smallest absolute Gasteiger partial charge is 0.133 e. The Morgan fingerprint density at radius 3 is 2.53 bits per heavy atom. The highest BCUT2D eigenvalue weighted by Gasteiger charge is 2.23. The molecule has 1 unspecified atom stereocenters. The Morgan fingerprint density at radius 1 is 1.21 bits per heavy atom. The van der Waals surface area contributed by atoms with E-state index in [0.29, 0.717) is 17.6 Å². The summed E-state index contributed by atoms with van der Waals surface area (Å²) >= 11 is 0. The maximum atomic E-state index is 11.3. The maximum Gasteiger partial charge on any atom is 0.133 e. The molecule has 104 valence electrons. The Balaban J connectivity index is 1.92. The highest BCUT2D eigenvalue weighted by atomic mass is 16.1. The van der Waals surface area contributed by atoms with Crippen molar-refractivity contribution in [1.82, 2.24) is 0 Å². The second-order valence-corrected chi connectivity index (χ2v) is 6.04. The van der Waals surface area contributed by atoms with Gasteiger partial charge in [0.25, 0.3) is 0 Å². The molecular weight excluding hydrogens is 232 g/mol. The lowest BCUT2D eigenvalue weighted by molar-refractivity contribution is -0.117. The summed E-state index contributed by atoms with van der Waals surface area (Å²) in [5.41, 5.74) is 2.81. The lowest BCUT2D eigenvalue weighted by Gasteiger charge is -2.14. The van der Waals surface area contributed by atoms with E-state index in [-0.39, 0.29) is 0 Å². The molecule has 0 N–H and O–H groups in total. The van der Waals surface area contributed by atoms with Gasteiger partial charge in [0.05, 0.1) is 0 Å². The zero-order chi connectivity index (χ0) is 13.7. The van der Waals surface area contributed by atoms with E-state index in [4.69, 9.17) is 0 Å². The van der Waals surface area contributed by atoms with Gasteiger partial charge < -0.3 is 0 Å². The van der Waals surface area contributed by atoms with Crippen molar-refractivity contribution < 1.29 is 4.79 Å². The molecule has 0 saturated heterocycles. The molecule has 1 aliphatic carbocycles. The summed E-state index contributed by atoms with van der Waals surface area (Å²) in [4.78, 5) is 11.3. The van der Waals surface area contributed by atoms with Gasteiger partial charge in [-0.1, -0.05) is 57.4 Å². The maximum absolute atomic E-state index is 11.3. The number of benzene rings is 1. The van der Waals surface area contributed by atoms with Crippen LogP contribution in [-0.4, -0.2) is 5.78 Å². The molecule has 1 nitrogen and oxygen atoms in total. The van der Waals surface area contributed by atoms with Crippen molar-refractivity contribution in [2.75, 3.05) is 0 Å². The second kappa shape index (κ2) is 6.88. The van der Waals surface area contributed by atoms with Crippen molar-refractivity contribution >= 4 is 5.78 Å². The SMILES string of the molecule is CCCCCC(C)c1ccc([C@@H]2CCC(=O)C2)cc1. The van der Waals surface area contributed by atoms with Gasteiger partial charge in [-0.25, -0.2) is 0 Å². The van der Waals surface area contributed by atoms with Crippen LogP contribution in [0.4, 0.5) is 0 Å². The summed E-state index contributed by atoms with van der Waals surface area (Å²) in [6.07, 6.45) is 7.83. The molecule has 1 fully saturated rings. The number of Topliss-reactive ketones (excluding diaryl/α,β-unsaturated/α-hetero) is 1. The van der Waals surface area contributed by atoms with E-state index in [9.17, 15) is 4.79 Å². The quantitative estimate of drug-likeness (QED) is 0.640. The van der Waals surface area contributed by atoms with Gasteiger partial charge in [0, 0.05) is 12.8 Å². The fraction of sp³-hybridized carbons (Fsp3) is 0.611. The first-order chi connectivity index (χ1) is 9.20. The topological polar surface area (TPSA) is 17.1 Å². The molecule has 19 heavy (non-hydrogen) atoms. The van der Waals surface area contributed by atoms with Crippen LogP contribution in [0.1, 0.15) is 81.8 Å². The van der Waals surface area contributed by atoms with Crippen molar-refractivity contribution in [1.29, 1.82) is 0 Å². The van der Waals surface area contributed by atoms with E-state index >= 15 is 0 Å². The van der Waals surface area contributed by atoms with Crippen LogP contribution in [0.25, 0.3) is 0 Å². The van der Waals surface area contributed by atoms with Crippen LogP contribution in [0.5, 0.6) is 0 Å². The van der Waals surface area contributed by atoms with Gasteiger partial charge in [-0.15, -0.1) is 0 Å². The van der Waals surface area contributed by atoms with Gasteiger partial charge in [0.15, 0.2) is 0 Å². The molecule has 1 saturated carbocycles. The Labute approximate surface area is 117 Å². The first-order valence-electron chi connectivity index (χ1n) is 7.82. The predicted molar refractivity (Wildman–Crippen MR) is 80.6 cm³/mol. The van der Waals surface area contributed by atoms with E-state index in [1.54, 1.807) is 0 Å². The van der Waals surface area contributed by atoms with Gasteiger partial charge in [-0.2, -0.15) is 0 Å². The van der Waals surface area contributed by atoms with E-state index in [2.05, 4.69) is 38.1 Å². The van der Waals surface area contributed by atoms with Crippen LogP contribution >= 0.6 is 0 Å². The summed E-state index contributed by atoms with van der Waals surface area (Å²) in [7, 11) is 0. The Kier molecular flexibility index (Phi) is 5.18. The van der Waals surface area contributed by atoms with Gasteiger partial charge in [0.2, 0.25) is 0 Å². The third kappa shape index (κ3) is 3.92. The first kappa shape index (κ1) is 14.3. The summed E-state index contributed by atoms with van der Waals surface area (Å²) in [6, 6.07) is 9.04. The number of carbonyl (C=O) groups is 1. The number of unbranched alkanes of at least 4 members (excludes halogenated alkanes) is 2. The number of carbonyl (C=O) groups excluding carboxylic acids is 1. The molecule has 0 bridgehead atoms. The van der Waals surface area contributed by atoms with Crippen LogP contribution in [-0.2, 0) is 4.79 Å². The fourth-order valence-corrected chi connectivity index (χ4v) is 3.06. The monoisotopic (exact) mass is 258 g/mol. The summed E-state index contributed by atoms with van der Waals surface area (Å²) < 4.78 is 0. The standard InChI is InChI=1S/C18H26O/c1-3-4-5-6-14(2)15-7-9-16(10-8-15)17-11-12-18(19)13-17/h7-10,14,17H,3-6,11-13H2,1-2H3/t14?,17-/m1/s1. The van der Waals surface area contributed by atoms with Crippen molar-refractivity contribution in [3.8, 4) is 0 Å². The molecule has 1 aliphatic rings. The Bertz CT molecular complexity index is 404.